The molecule has 0 spiro atoms. The molecular formula is C17H21F2N5O. The lowest BCUT2D eigenvalue weighted by Crippen LogP contribution is -2.38. The Morgan fingerprint density at radius 3 is 2.36 bits per heavy atom. The van der Waals surface area contributed by atoms with Gasteiger partial charge in [-0.1, -0.05) is 0 Å². The number of morpholine rings is 1. The van der Waals surface area contributed by atoms with Crippen LogP contribution in [0.1, 0.15) is 35.8 Å². The monoisotopic (exact) mass is 349 g/mol. The molecule has 8 heteroatoms. The van der Waals surface area contributed by atoms with Gasteiger partial charge in [0.25, 0.3) is 0 Å². The molecule has 2 aliphatic rings. The van der Waals surface area contributed by atoms with E-state index in [0.29, 0.717) is 56.3 Å². The number of aryl methyl sites for hydroxylation is 2. The van der Waals surface area contributed by atoms with Gasteiger partial charge >= 0.3 is 0 Å². The first kappa shape index (κ1) is 16.5. The number of ether oxygens (including phenoxy) is 1. The molecule has 0 N–H and O–H groups in total. The second-order valence-electron chi connectivity index (χ2n) is 6.84. The molecule has 134 valence electrons. The zero-order valence-electron chi connectivity index (χ0n) is 14.4. The van der Waals surface area contributed by atoms with E-state index in [1.165, 1.54) is 0 Å². The van der Waals surface area contributed by atoms with Gasteiger partial charge in [0, 0.05) is 24.9 Å². The molecule has 2 aromatic rings. The highest BCUT2D eigenvalue weighted by atomic mass is 19.3. The van der Waals surface area contributed by atoms with Crippen molar-refractivity contribution in [3.8, 4) is 0 Å². The van der Waals surface area contributed by atoms with Crippen LogP contribution in [-0.4, -0.2) is 52.7 Å². The average molecular weight is 349 g/mol. The topological polar surface area (TPSA) is 64.0 Å². The van der Waals surface area contributed by atoms with Gasteiger partial charge in [0.05, 0.1) is 30.3 Å². The molecule has 1 saturated carbocycles. The van der Waals surface area contributed by atoms with Crippen LogP contribution in [0, 0.1) is 19.8 Å². The van der Waals surface area contributed by atoms with Gasteiger partial charge in [0.2, 0.25) is 12.4 Å². The molecule has 6 nitrogen and oxygen atoms in total. The van der Waals surface area contributed by atoms with Gasteiger partial charge in [-0.3, -0.25) is 0 Å². The van der Waals surface area contributed by atoms with E-state index in [-0.39, 0.29) is 5.92 Å². The highest BCUT2D eigenvalue weighted by Crippen LogP contribution is 2.45. The summed E-state index contributed by atoms with van der Waals surface area (Å²) in [4.78, 5) is 20.6. The molecule has 1 aliphatic carbocycles. The SMILES string of the molecule is Cc1nc2nc(N3CCOCC3)nc(C3CC(C(F)F)C3)c2nc1C. The average Bonchev–Trinajstić information content (AvgIpc) is 2.55. The van der Waals surface area contributed by atoms with Crippen LogP contribution in [0.2, 0.25) is 0 Å². The number of halogens is 2. The van der Waals surface area contributed by atoms with Crippen molar-refractivity contribution in [1.82, 2.24) is 19.9 Å². The molecule has 2 fully saturated rings. The van der Waals surface area contributed by atoms with Crippen molar-refractivity contribution in [2.24, 2.45) is 5.92 Å². The zero-order valence-corrected chi connectivity index (χ0v) is 14.4. The maximum absolute atomic E-state index is 12.9. The van der Waals surface area contributed by atoms with Crippen LogP contribution in [0.15, 0.2) is 0 Å². The van der Waals surface area contributed by atoms with Crippen molar-refractivity contribution in [1.29, 1.82) is 0 Å². The first-order valence-corrected chi connectivity index (χ1v) is 8.66. The minimum Gasteiger partial charge on any atom is -0.378 e. The molecule has 2 aromatic heterocycles. The molecular weight excluding hydrogens is 328 g/mol. The summed E-state index contributed by atoms with van der Waals surface area (Å²) in [5, 5.41) is 0. The molecule has 1 saturated heterocycles. The summed E-state index contributed by atoms with van der Waals surface area (Å²) in [5.41, 5.74) is 3.61. The van der Waals surface area contributed by atoms with Gasteiger partial charge in [-0.15, -0.1) is 0 Å². The smallest absolute Gasteiger partial charge is 0.241 e. The molecule has 0 radical (unpaired) electrons. The molecule has 1 aliphatic heterocycles. The third-order valence-corrected chi connectivity index (χ3v) is 5.17. The fourth-order valence-corrected chi connectivity index (χ4v) is 3.40. The molecule has 0 amide bonds. The first-order chi connectivity index (χ1) is 12.0. The van der Waals surface area contributed by atoms with Crippen LogP contribution in [0.3, 0.4) is 0 Å². The number of hydrogen-bond donors (Lipinski definition) is 0. The Balaban J connectivity index is 1.76. The maximum atomic E-state index is 12.9. The Hall–Kier alpha value is -1.96. The summed E-state index contributed by atoms with van der Waals surface area (Å²) in [7, 11) is 0. The predicted molar refractivity (Wildman–Crippen MR) is 89.1 cm³/mol. The summed E-state index contributed by atoms with van der Waals surface area (Å²) in [5.74, 6) is 0.0610. The van der Waals surface area contributed by atoms with E-state index in [9.17, 15) is 8.78 Å². The maximum Gasteiger partial charge on any atom is 0.241 e. The molecule has 4 rings (SSSR count). The third-order valence-electron chi connectivity index (χ3n) is 5.17. The van der Waals surface area contributed by atoms with Crippen molar-refractivity contribution in [3.63, 3.8) is 0 Å². The van der Waals surface area contributed by atoms with Gasteiger partial charge in [0.1, 0.15) is 5.52 Å². The lowest BCUT2D eigenvalue weighted by atomic mass is 9.73. The van der Waals surface area contributed by atoms with Crippen LogP contribution in [0.5, 0.6) is 0 Å². The number of rotatable bonds is 3. The molecule has 0 bridgehead atoms. The first-order valence-electron chi connectivity index (χ1n) is 8.66. The summed E-state index contributed by atoms with van der Waals surface area (Å²) in [6.07, 6.45) is -1.37. The van der Waals surface area contributed by atoms with E-state index in [1.807, 2.05) is 13.8 Å². The Morgan fingerprint density at radius 2 is 1.68 bits per heavy atom. The van der Waals surface area contributed by atoms with Gasteiger partial charge in [0.15, 0.2) is 5.65 Å². The summed E-state index contributed by atoms with van der Waals surface area (Å²) in [6.45, 7) is 6.48. The van der Waals surface area contributed by atoms with E-state index >= 15 is 0 Å². The number of anilines is 1. The Bertz CT molecular complexity index is 788. The fraction of sp³-hybridized carbons (Fsp3) is 0.647. The second kappa shape index (κ2) is 6.40. The van der Waals surface area contributed by atoms with Gasteiger partial charge in [-0.2, -0.15) is 4.98 Å². The minimum absolute atomic E-state index is 0.000645. The van der Waals surface area contributed by atoms with Crippen molar-refractivity contribution >= 4 is 17.1 Å². The van der Waals surface area contributed by atoms with E-state index in [1.54, 1.807) is 0 Å². The van der Waals surface area contributed by atoms with Crippen LogP contribution in [0.25, 0.3) is 11.2 Å². The summed E-state index contributed by atoms with van der Waals surface area (Å²) >= 11 is 0. The third kappa shape index (κ3) is 3.03. The molecule has 0 atom stereocenters. The highest BCUT2D eigenvalue weighted by Gasteiger charge is 2.39. The molecule has 25 heavy (non-hydrogen) atoms. The number of alkyl halides is 2. The van der Waals surface area contributed by atoms with Crippen LogP contribution in [0.4, 0.5) is 14.7 Å². The van der Waals surface area contributed by atoms with Crippen LogP contribution < -0.4 is 4.90 Å². The van der Waals surface area contributed by atoms with E-state index < -0.39 is 12.3 Å². The highest BCUT2D eigenvalue weighted by molar-refractivity contribution is 5.75. The fourth-order valence-electron chi connectivity index (χ4n) is 3.40. The van der Waals surface area contributed by atoms with Crippen LogP contribution in [-0.2, 0) is 4.74 Å². The zero-order chi connectivity index (χ0) is 17.6. The number of nitrogens with zero attached hydrogens (tertiary/aromatic N) is 5. The Kier molecular flexibility index (Phi) is 4.23. The molecule has 0 unspecified atom stereocenters. The van der Waals surface area contributed by atoms with Gasteiger partial charge in [-0.05, 0) is 26.7 Å². The van der Waals surface area contributed by atoms with Gasteiger partial charge < -0.3 is 9.64 Å². The lowest BCUT2D eigenvalue weighted by Gasteiger charge is -2.35. The number of hydrogen-bond acceptors (Lipinski definition) is 6. The largest absolute Gasteiger partial charge is 0.378 e. The Morgan fingerprint density at radius 1 is 1.00 bits per heavy atom. The predicted octanol–water partition coefficient (Wildman–Crippen LogP) is 2.63. The van der Waals surface area contributed by atoms with Crippen LogP contribution >= 0.6 is 0 Å². The lowest BCUT2D eigenvalue weighted by molar-refractivity contribution is 0.0221. The van der Waals surface area contributed by atoms with Crippen molar-refractivity contribution in [2.75, 3.05) is 31.2 Å². The van der Waals surface area contributed by atoms with E-state index in [2.05, 4.69) is 19.9 Å². The van der Waals surface area contributed by atoms with Crippen molar-refractivity contribution < 1.29 is 13.5 Å². The number of aromatic nitrogens is 4. The van der Waals surface area contributed by atoms with Crippen molar-refractivity contribution in [2.45, 2.75) is 39.0 Å². The molecule has 0 aromatic carbocycles. The minimum atomic E-state index is -2.27. The normalized spacial score (nSPS) is 24.0. The Labute approximate surface area is 144 Å². The quantitative estimate of drug-likeness (QED) is 0.849. The molecule has 3 heterocycles. The van der Waals surface area contributed by atoms with E-state index in [0.717, 1.165) is 17.1 Å². The standard InChI is InChI=1S/C17H21F2N5O/c1-9-10(2)21-16-14(20-9)13(11-7-12(8-11)15(18)19)22-17(23-16)24-3-5-25-6-4-24/h11-12,15H,3-8H2,1-2H3. The van der Waals surface area contributed by atoms with Crippen molar-refractivity contribution in [3.05, 3.63) is 17.1 Å². The van der Waals surface area contributed by atoms with Gasteiger partial charge in [-0.25, -0.2) is 23.7 Å². The summed E-state index contributed by atoms with van der Waals surface area (Å²) < 4.78 is 31.2. The number of fused-ring (bicyclic) bond motifs is 1. The van der Waals surface area contributed by atoms with E-state index in [4.69, 9.17) is 9.72 Å². The summed E-state index contributed by atoms with van der Waals surface area (Å²) in [6, 6.07) is 0. The second-order valence-corrected chi connectivity index (χ2v) is 6.84.